The normalized spacial score (nSPS) is 20.2. The molecule has 1 aliphatic carbocycles. The lowest BCUT2D eigenvalue weighted by Crippen LogP contribution is -2.40. The SMILES string of the molecule is C=C(c1ncc(-c2ccc(-n3ccnc3)cc2O)nn1)[C@H]1CCNC2(CC2)C1. The molecule has 1 saturated heterocycles. The first-order chi connectivity index (χ1) is 13.6. The fourth-order valence-corrected chi connectivity index (χ4v) is 4.02. The average Bonchev–Trinajstić information content (AvgIpc) is 3.24. The zero-order valence-corrected chi connectivity index (χ0v) is 15.5. The Morgan fingerprint density at radius 2 is 2.18 bits per heavy atom. The summed E-state index contributed by atoms with van der Waals surface area (Å²) < 4.78 is 1.83. The van der Waals surface area contributed by atoms with Crippen molar-refractivity contribution in [1.82, 2.24) is 30.0 Å². The van der Waals surface area contributed by atoms with E-state index in [0.29, 0.717) is 28.5 Å². The Balaban J connectivity index is 1.35. The second-order valence-corrected chi connectivity index (χ2v) is 7.76. The molecule has 1 atom stereocenters. The van der Waals surface area contributed by atoms with E-state index in [1.807, 2.05) is 22.9 Å². The number of aromatic nitrogens is 5. The van der Waals surface area contributed by atoms with Gasteiger partial charge in [0.2, 0.25) is 0 Å². The van der Waals surface area contributed by atoms with Gasteiger partial charge < -0.3 is 15.0 Å². The third-order valence-electron chi connectivity index (χ3n) is 5.88. The summed E-state index contributed by atoms with van der Waals surface area (Å²) in [5.74, 6) is 1.13. The second kappa shape index (κ2) is 6.53. The Labute approximate surface area is 163 Å². The van der Waals surface area contributed by atoms with Crippen molar-refractivity contribution in [3.05, 3.63) is 55.5 Å². The molecule has 7 heteroatoms. The van der Waals surface area contributed by atoms with Gasteiger partial charge in [-0.15, -0.1) is 10.2 Å². The fourth-order valence-electron chi connectivity index (χ4n) is 4.02. The topological polar surface area (TPSA) is 88.8 Å². The molecule has 1 spiro atoms. The van der Waals surface area contributed by atoms with Crippen LogP contribution in [-0.4, -0.2) is 41.9 Å². The number of allylic oxidation sites excluding steroid dienone is 1. The minimum atomic E-state index is 0.128. The van der Waals surface area contributed by atoms with E-state index < -0.39 is 0 Å². The number of benzene rings is 1. The van der Waals surface area contributed by atoms with E-state index in [4.69, 9.17) is 0 Å². The van der Waals surface area contributed by atoms with E-state index in [2.05, 4.69) is 32.1 Å². The van der Waals surface area contributed by atoms with Crippen molar-refractivity contribution in [3.63, 3.8) is 0 Å². The van der Waals surface area contributed by atoms with Crippen LogP contribution in [0.2, 0.25) is 0 Å². The summed E-state index contributed by atoms with van der Waals surface area (Å²) in [6, 6.07) is 5.39. The highest BCUT2D eigenvalue weighted by Gasteiger charge is 2.46. The van der Waals surface area contributed by atoms with Crippen molar-refractivity contribution in [2.75, 3.05) is 6.54 Å². The molecule has 3 aromatic rings. The molecule has 142 valence electrons. The minimum absolute atomic E-state index is 0.128. The Hall–Kier alpha value is -3.06. The first-order valence-corrected chi connectivity index (χ1v) is 9.59. The van der Waals surface area contributed by atoms with E-state index in [1.54, 1.807) is 24.8 Å². The van der Waals surface area contributed by atoms with E-state index in [0.717, 1.165) is 30.6 Å². The van der Waals surface area contributed by atoms with Crippen molar-refractivity contribution in [2.24, 2.45) is 5.92 Å². The van der Waals surface area contributed by atoms with Crippen molar-refractivity contribution in [3.8, 4) is 22.7 Å². The molecule has 0 bridgehead atoms. The second-order valence-electron chi connectivity index (χ2n) is 7.76. The van der Waals surface area contributed by atoms with Gasteiger partial charge in [-0.25, -0.2) is 9.97 Å². The van der Waals surface area contributed by atoms with Crippen LogP contribution in [0.5, 0.6) is 5.75 Å². The lowest BCUT2D eigenvalue weighted by molar-refractivity contribution is 0.334. The van der Waals surface area contributed by atoms with E-state index >= 15 is 0 Å². The summed E-state index contributed by atoms with van der Waals surface area (Å²) in [5.41, 5.74) is 3.26. The maximum Gasteiger partial charge on any atom is 0.177 e. The van der Waals surface area contributed by atoms with Crippen LogP contribution in [0.4, 0.5) is 0 Å². The van der Waals surface area contributed by atoms with Gasteiger partial charge in [0.25, 0.3) is 0 Å². The number of nitrogens with one attached hydrogen (secondary N) is 1. The molecule has 0 amide bonds. The van der Waals surface area contributed by atoms with Gasteiger partial charge in [-0.1, -0.05) is 6.58 Å². The zero-order chi connectivity index (χ0) is 19.1. The summed E-state index contributed by atoms with van der Waals surface area (Å²) in [7, 11) is 0. The van der Waals surface area contributed by atoms with Gasteiger partial charge in [-0.3, -0.25) is 0 Å². The quantitative estimate of drug-likeness (QED) is 0.730. The molecule has 3 heterocycles. The maximum atomic E-state index is 10.4. The molecule has 1 saturated carbocycles. The molecule has 0 radical (unpaired) electrons. The number of imidazole rings is 1. The van der Waals surface area contributed by atoms with Crippen LogP contribution in [0, 0.1) is 5.92 Å². The summed E-state index contributed by atoms with van der Waals surface area (Å²) in [4.78, 5) is 8.52. The van der Waals surface area contributed by atoms with Crippen molar-refractivity contribution >= 4 is 5.57 Å². The molecule has 1 aliphatic heterocycles. The Bertz CT molecular complexity index is 1010. The highest BCUT2D eigenvalue weighted by Crippen LogP contribution is 2.46. The maximum absolute atomic E-state index is 10.4. The van der Waals surface area contributed by atoms with E-state index in [1.165, 1.54) is 12.8 Å². The van der Waals surface area contributed by atoms with Gasteiger partial charge in [0.1, 0.15) is 11.4 Å². The monoisotopic (exact) mass is 374 g/mol. The van der Waals surface area contributed by atoms with Crippen LogP contribution in [0.3, 0.4) is 0 Å². The number of hydrogen-bond donors (Lipinski definition) is 2. The van der Waals surface area contributed by atoms with Gasteiger partial charge in [-0.2, -0.15) is 0 Å². The Morgan fingerprint density at radius 1 is 1.29 bits per heavy atom. The number of phenols is 1. The van der Waals surface area contributed by atoms with Crippen molar-refractivity contribution < 1.29 is 5.11 Å². The predicted octanol–water partition coefficient (Wildman–Crippen LogP) is 2.98. The molecule has 28 heavy (non-hydrogen) atoms. The molecule has 7 nitrogen and oxygen atoms in total. The molecule has 2 N–H and O–H groups in total. The number of phenolic OH excluding ortho intramolecular Hbond substituents is 1. The van der Waals surface area contributed by atoms with E-state index in [9.17, 15) is 5.11 Å². The molecule has 1 aromatic carbocycles. The number of hydrogen-bond acceptors (Lipinski definition) is 6. The average molecular weight is 374 g/mol. The van der Waals surface area contributed by atoms with Crippen LogP contribution >= 0.6 is 0 Å². The molecular weight excluding hydrogens is 352 g/mol. The first-order valence-electron chi connectivity index (χ1n) is 9.59. The first kappa shape index (κ1) is 17.1. The number of piperidine rings is 1. The largest absolute Gasteiger partial charge is 0.507 e. The number of rotatable bonds is 4. The lowest BCUT2D eigenvalue weighted by Gasteiger charge is -2.31. The molecule has 0 unspecified atom stereocenters. The fraction of sp³-hybridized carbons (Fsp3) is 0.333. The molecule has 2 aliphatic rings. The van der Waals surface area contributed by atoms with Gasteiger partial charge in [-0.05, 0) is 55.9 Å². The molecule has 5 rings (SSSR count). The molecular formula is C21H22N6O. The van der Waals surface area contributed by atoms with Gasteiger partial charge >= 0.3 is 0 Å². The summed E-state index contributed by atoms with van der Waals surface area (Å²) >= 11 is 0. The van der Waals surface area contributed by atoms with Crippen molar-refractivity contribution in [2.45, 2.75) is 31.2 Å². The summed E-state index contributed by atoms with van der Waals surface area (Å²) in [6.45, 7) is 5.27. The highest BCUT2D eigenvalue weighted by molar-refractivity contribution is 5.68. The smallest absolute Gasteiger partial charge is 0.177 e. The lowest BCUT2D eigenvalue weighted by atomic mass is 9.85. The van der Waals surface area contributed by atoms with Crippen LogP contribution in [0.1, 0.15) is 31.5 Å². The van der Waals surface area contributed by atoms with Gasteiger partial charge in [0, 0.05) is 29.6 Å². The number of aromatic hydroxyl groups is 1. The third kappa shape index (κ3) is 3.07. The Kier molecular flexibility index (Phi) is 3.98. The summed E-state index contributed by atoms with van der Waals surface area (Å²) in [5, 5.41) is 22.7. The number of nitrogens with zero attached hydrogens (tertiary/aromatic N) is 5. The van der Waals surface area contributed by atoms with Gasteiger partial charge in [0.15, 0.2) is 5.82 Å². The summed E-state index contributed by atoms with van der Waals surface area (Å²) in [6.07, 6.45) is 11.5. The third-order valence-corrected chi connectivity index (χ3v) is 5.88. The van der Waals surface area contributed by atoms with Crippen LogP contribution < -0.4 is 5.32 Å². The predicted molar refractivity (Wildman–Crippen MR) is 106 cm³/mol. The van der Waals surface area contributed by atoms with Gasteiger partial charge in [0.05, 0.1) is 18.2 Å². The van der Waals surface area contributed by atoms with Crippen LogP contribution in [-0.2, 0) is 0 Å². The minimum Gasteiger partial charge on any atom is -0.507 e. The molecule has 2 fully saturated rings. The van der Waals surface area contributed by atoms with Crippen LogP contribution in [0.15, 0.2) is 49.7 Å². The Morgan fingerprint density at radius 3 is 2.86 bits per heavy atom. The standard InChI is InChI=1S/C21H22N6O/c1-14(15-4-7-24-21(11-15)5-6-21)20-23-12-18(25-26-20)17-3-2-16(10-19(17)28)27-9-8-22-13-27/h2-3,8-10,12-13,15,24,28H,1,4-7,11H2/t15-/m0/s1. The van der Waals surface area contributed by atoms with Crippen LogP contribution in [0.25, 0.3) is 22.5 Å². The molecule has 2 aromatic heterocycles. The van der Waals surface area contributed by atoms with E-state index in [-0.39, 0.29) is 5.75 Å². The zero-order valence-electron chi connectivity index (χ0n) is 15.5. The van der Waals surface area contributed by atoms with Crippen molar-refractivity contribution in [1.29, 1.82) is 0 Å². The highest BCUT2D eigenvalue weighted by atomic mass is 16.3.